The van der Waals surface area contributed by atoms with Crippen LogP contribution in [0.2, 0.25) is 0 Å². The lowest BCUT2D eigenvalue weighted by atomic mass is 10.0. The minimum absolute atomic E-state index is 0.275. The van der Waals surface area contributed by atoms with Crippen LogP contribution in [0.4, 0.5) is 11.6 Å². The molecule has 39 heavy (non-hydrogen) atoms. The van der Waals surface area contributed by atoms with Crippen LogP contribution >= 0.6 is 0 Å². The minimum atomic E-state index is -2.66. The minimum Gasteiger partial charge on any atom is -0.379 e. The second-order valence-electron chi connectivity index (χ2n) is 9.57. The molecule has 0 atom stereocenters. The maximum atomic E-state index is 11.4. The molecule has 0 amide bonds. The number of imidazole rings is 1. The van der Waals surface area contributed by atoms with E-state index in [2.05, 4.69) is 30.8 Å². The van der Waals surface area contributed by atoms with Gasteiger partial charge in [0.15, 0.2) is 0 Å². The average Bonchev–Trinajstić information content (AvgIpc) is 3.56. The summed E-state index contributed by atoms with van der Waals surface area (Å²) in [7, 11) is -1.10. The first-order valence-electron chi connectivity index (χ1n) is 12.9. The van der Waals surface area contributed by atoms with Gasteiger partial charge >= 0.3 is 0 Å². The Kier molecular flexibility index (Phi) is 7.24. The molecule has 0 aliphatic carbocycles. The predicted octanol–water partition coefficient (Wildman–Crippen LogP) is 2.78. The van der Waals surface area contributed by atoms with Crippen molar-refractivity contribution in [3.8, 4) is 11.3 Å². The number of aromatic nitrogens is 5. The smallest absolute Gasteiger partial charge is 0.245 e. The highest BCUT2D eigenvalue weighted by molar-refractivity contribution is 7.69. The van der Waals surface area contributed by atoms with Gasteiger partial charge in [0.1, 0.15) is 0 Å². The van der Waals surface area contributed by atoms with E-state index in [0.29, 0.717) is 5.95 Å². The third kappa shape index (κ3) is 5.50. The summed E-state index contributed by atoms with van der Waals surface area (Å²) < 4.78 is 33.6. The molecule has 1 aliphatic rings. The third-order valence-electron chi connectivity index (χ3n) is 7.01. The molecule has 0 bridgehead atoms. The van der Waals surface area contributed by atoms with Gasteiger partial charge in [0.05, 0.1) is 48.0 Å². The van der Waals surface area contributed by atoms with Gasteiger partial charge < -0.3 is 14.6 Å². The summed E-state index contributed by atoms with van der Waals surface area (Å²) in [5.74, 6) is 0.447. The summed E-state index contributed by atoms with van der Waals surface area (Å²) in [6.45, 7) is 5.66. The number of nitrogens with zero attached hydrogens (tertiary/aromatic N) is 7. The van der Waals surface area contributed by atoms with E-state index >= 15 is 0 Å². The van der Waals surface area contributed by atoms with Crippen LogP contribution in [0, 0.1) is 0 Å². The summed E-state index contributed by atoms with van der Waals surface area (Å²) in [5.41, 5.74) is 6.32. The first kappa shape index (κ1) is 25.4. The molecule has 6 rings (SSSR count). The van der Waals surface area contributed by atoms with Gasteiger partial charge in [0.2, 0.25) is 16.8 Å². The highest BCUT2D eigenvalue weighted by atomic mass is 32.2. The third-order valence-corrected chi connectivity index (χ3v) is 7.71. The summed E-state index contributed by atoms with van der Waals surface area (Å²) in [6, 6.07) is 17.7. The Hall–Kier alpha value is -3.84. The van der Waals surface area contributed by atoms with Gasteiger partial charge in [-0.05, 0) is 35.9 Å². The molecular formula is C27H30N8O3S. The molecule has 0 radical (unpaired) electrons. The molecule has 12 heteroatoms. The molecule has 11 nitrogen and oxygen atoms in total. The van der Waals surface area contributed by atoms with E-state index in [1.807, 2.05) is 59.4 Å². The van der Waals surface area contributed by atoms with E-state index in [0.717, 1.165) is 78.5 Å². The zero-order valence-electron chi connectivity index (χ0n) is 21.6. The summed E-state index contributed by atoms with van der Waals surface area (Å²) in [5, 5.41) is 8.06. The number of hydrogen-bond acceptors (Lipinski definition) is 8. The van der Waals surface area contributed by atoms with E-state index in [-0.39, 0.29) is 6.54 Å². The van der Waals surface area contributed by atoms with Crippen molar-refractivity contribution in [1.29, 1.82) is 0 Å². The number of morpholine rings is 1. The number of anilines is 2. The molecule has 5 aromatic rings. The SMILES string of the molecule is CN(Cc1ccccc1-c1ccc2cnc(Nc3ccc4c(c3)ncn4CCN3CCOCC3)nn12)[SH](=O)=O. The van der Waals surface area contributed by atoms with Crippen molar-refractivity contribution in [2.24, 2.45) is 0 Å². The lowest BCUT2D eigenvalue weighted by Gasteiger charge is -2.26. The molecule has 1 aliphatic heterocycles. The normalized spacial score (nSPS) is 14.6. The molecule has 0 spiro atoms. The summed E-state index contributed by atoms with van der Waals surface area (Å²) >= 11 is 0. The van der Waals surface area contributed by atoms with Crippen molar-refractivity contribution >= 4 is 39.1 Å². The van der Waals surface area contributed by atoms with Crippen LogP contribution in [0.5, 0.6) is 0 Å². The van der Waals surface area contributed by atoms with Crippen molar-refractivity contribution in [3.63, 3.8) is 0 Å². The van der Waals surface area contributed by atoms with Crippen LogP contribution in [-0.2, 0) is 28.7 Å². The van der Waals surface area contributed by atoms with E-state index in [1.165, 1.54) is 4.31 Å². The Morgan fingerprint density at radius 2 is 1.87 bits per heavy atom. The van der Waals surface area contributed by atoms with E-state index in [1.54, 1.807) is 13.2 Å². The van der Waals surface area contributed by atoms with Crippen molar-refractivity contribution < 1.29 is 13.2 Å². The summed E-state index contributed by atoms with van der Waals surface area (Å²) in [6.07, 6.45) is 3.66. The molecule has 0 unspecified atom stereocenters. The Morgan fingerprint density at radius 1 is 1.03 bits per heavy atom. The highest BCUT2D eigenvalue weighted by Gasteiger charge is 2.14. The fourth-order valence-electron chi connectivity index (χ4n) is 4.90. The summed E-state index contributed by atoms with van der Waals surface area (Å²) in [4.78, 5) is 11.5. The Labute approximate surface area is 227 Å². The molecule has 0 saturated carbocycles. The van der Waals surface area contributed by atoms with Gasteiger partial charge in [0, 0.05) is 51.0 Å². The van der Waals surface area contributed by atoms with Crippen LogP contribution in [0.25, 0.3) is 27.8 Å². The second-order valence-corrected chi connectivity index (χ2v) is 10.7. The monoisotopic (exact) mass is 546 g/mol. The standard InChI is InChI=1S/C27H30N8O3S/c1-32(39(36)37)18-20-4-2-3-5-23(20)25-9-7-22-17-28-27(31-35(22)25)30-21-6-8-26-24(16-21)29-19-34(26)11-10-33-12-14-38-15-13-33/h2-9,16-17,19,39H,10-15,18H2,1H3,(H,30,31). The molecule has 1 saturated heterocycles. The van der Waals surface area contributed by atoms with Gasteiger partial charge in [-0.25, -0.2) is 27.2 Å². The van der Waals surface area contributed by atoms with Crippen molar-refractivity contribution in [2.75, 3.05) is 45.2 Å². The van der Waals surface area contributed by atoms with Crippen molar-refractivity contribution in [3.05, 3.63) is 72.7 Å². The van der Waals surface area contributed by atoms with Gasteiger partial charge in [-0.3, -0.25) is 4.90 Å². The number of thiol groups is 1. The highest BCUT2D eigenvalue weighted by Crippen LogP contribution is 2.27. The second kappa shape index (κ2) is 11.1. The molecule has 1 N–H and O–H groups in total. The maximum Gasteiger partial charge on any atom is 0.245 e. The van der Waals surface area contributed by atoms with Crippen molar-refractivity contribution in [1.82, 2.24) is 33.4 Å². The number of hydrogen-bond donors (Lipinski definition) is 2. The zero-order chi connectivity index (χ0) is 26.8. The molecule has 202 valence electrons. The maximum absolute atomic E-state index is 11.4. The first-order valence-corrected chi connectivity index (χ1v) is 14.0. The lowest BCUT2D eigenvalue weighted by molar-refractivity contribution is 0.0365. The molecule has 1 fully saturated rings. The van der Waals surface area contributed by atoms with E-state index in [4.69, 9.17) is 9.84 Å². The van der Waals surface area contributed by atoms with E-state index in [9.17, 15) is 8.42 Å². The fraction of sp³-hybridized carbons (Fsp3) is 0.296. The van der Waals surface area contributed by atoms with Gasteiger partial charge in [-0.2, -0.15) is 0 Å². The van der Waals surface area contributed by atoms with Crippen LogP contribution in [0.1, 0.15) is 5.56 Å². The number of rotatable bonds is 9. The van der Waals surface area contributed by atoms with Crippen molar-refractivity contribution in [2.45, 2.75) is 13.1 Å². The first-order chi connectivity index (χ1) is 19.0. The number of nitrogens with one attached hydrogen (secondary N) is 1. The van der Waals surface area contributed by atoms with Gasteiger partial charge in [-0.15, -0.1) is 5.10 Å². The lowest BCUT2D eigenvalue weighted by Crippen LogP contribution is -2.38. The van der Waals surface area contributed by atoms with Crippen LogP contribution in [0.15, 0.2) is 67.1 Å². The van der Waals surface area contributed by atoms with E-state index < -0.39 is 10.9 Å². The Balaban J connectivity index is 1.23. The fourth-order valence-corrected chi connectivity index (χ4v) is 5.17. The van der Waals surface area contributed by atoms with Gasteiger partial charge in [-0.1, -0.05) is 24.3 Å². The van der Waals surface area contributed by atoms with Crippen LogP contribution in [-0.4, -0.2) is 81.7 Å². The Bertz CT molecular complexity index is 1680. The predicted molar refractivity (Wildman–Crippen MR) is 150 cm³/mol. The molecular weight excluding hydrogens is 516 g/mol. The number of fused-ring (bicyclic) bond motifs is 2. The van der Waals surface area contributed by atoms with Gasteiger partial charge in [0.25, 0.3) is 0 Å². The number of benzene rings is 2. The topological polar surface area (TPSA) is 110 Å². The molecule has 3 aromatic heterocycles. The largest absolute Gasteiger partial charge is 0.379 e. The average molecular weight is 547 g/mol. The number of ether oxygens (including phenoxy) is 1. The van der Waals surface area contributed by atoms with Crippen LogP contribution < -0.4 is 5.32 Å². The Morgan fingerprint density at radius 3 is 2.72 bits per heavy atom. The molecule has 4 heterocycles. The quantitative estimate of drug-likeness (QED) is 0.272. The molecule has 2 aromatic carbocycles. The van der Waals surface area contributed by atoms with Crippen LogP contribution in [0.3, 0.4) is 0 Å². The zero-order valence-corrected chi connectivity index (χ0v) is 22.5.